The summed E-state index contributed by atoms with van der Waals surface area (Å²) in [6.45, 7) is 1.02. The van der Waals surface area contributed by atoms with E-state index in [0.29, 0.717) is 17.3 Å². The summed E-state index contributed by atoms with van der Waals surface area (Å²) in [4.78, 5) is 12.0. The van der Waals surface area contributed by atoms with E-state index in [2.05, 4.69) is 15.7 Å². The summed E-state index contributed by atoms with van der Waals surface area (Å²) in [5.74, 6) is 0. The Bertz CT molecular complexity index is 571. The summed E-state index contributed by atoms with van der Waals surface area (Å²) >= 11 is 6.14. The molecule has 0 radical (unpaired) electrons. The molecule has 1 saturated heterocycles. The Hall–Kier alpha value is -1.11. The Morgan fingerprint density at radius 1 is 1.57 bits per heavy atom. The van der Waals surface area contributed by atoms with Gasteiger partial charge in [-0.3, -0.25) is 4.79 Å². The first kappa shape index (κ1) is 14.8. The first-order valence-corrected chi connectivity index (χ1v) is 7.89. The molecule has 2 aliphatic rings. The van der Waals surface area contributed by atoms with Crippen LogP contribution in [0.5, 0.6) is 0 Å². The van der Waals surface area contributed by atoms with Crippen molar-refractivity contribution in [1.82, 2.24) is 15.1 Å². The lowest BCUT2D eigenvalue weighted by Gasteiger charge is -2.48. The number of nitrogens with one attached hydrogen (secondary N) is 2. The van der Waals surface area contributed by atoms with E-state index in [1.54, 1.807) is 6.20 Å². The zero-order valence-electron chi connectivity index (χ0n) is 11.9. The number of anilines is 1. The number of piperidine rings is 1. The van der Waals surface area contributed by atoms with Crippen LogP contribution in [0.2, 0.25) is 5.02 Å². The van der Waals surface area contributed by atoms with Crippen LogP contribution in [0.4, 0.5) is 5.69 Å². The molecule has 3 N–H and O–H groups in total. The highest BCUT2D eigenvalue weighted by molar-refractivity contribution is 6.32. The van der Waals surface area contributed by atoms with E-state index < -0.39 is 0 Å². The van der Waals surface area contributed by atoms with Gasteiger partial charge in [-0.1, -0.05) is 11.6 Å². The average molecular weight is 313 g/mol. The second-order valence-corrected chi connectivity index (χ2v) is 6.40. The molecule has 116 valence electrons. The topological polar surface area (TPSA) is 79.2 Å². The molecule has 1 spiro atoms. The van der Waals surface area contributed by atoms with Gasteiger partial charge < -0.3 is 15.7 Å². The highest BCUT2D eigenvalue weighted by Crippen LogP contribution is 2.39. The molecule has 1 atom stereocenters. The van der Waals surface area contributed by atoms with Gasteiger partial charge in [-0.15, -0.1) is 0 Å². The summed E-state index contributed by atoms with van der Waals surface area (Å²) in [5.41, 5.74) is 0.530. The number of hydrogen-bond donors (Lipinski definition) is 3. The molecule has 1 saturated carbocycles. The Morgan fingerprint density at radius 3 is 3.05 bits per heavy atom. The molecule has 1 aliphatic heterocycles. The van der Waals surface area contributed by atoms with Gasteiger partial charge in [0.2, 0.25) is 0 Å². The third kappa shape index (κ3) is 2.93. The molecular weight excluding hydrogens is 292 g/mol. The molecule has 0 bridgehead atoms. The van der Waals surface area contributed by atoms with Crippen LogP contribution in [0.25, 0.3) is 0 Å². The highest BCUT2D eigenvalue weighted by Gasteiger charge is 2.40. The minimum Gasteiger partial charge on any atom is -0.394 e. The van der Waals surface area contributed by atoms with Crippen LogP contribution in [-0.2, 0) is 6.54 Å². The smallest absolute Gasteiger partial charge is 0.287 e. The Labute approximate surface area is 128 Å². The van der Waals surface area contributed by atoms with Crippen molar-refractivity contribution < 1.29 is 5.11 Å². The minimum atomic E-state index is -0.358. The van der Waals surface area contributed by atoms with Gasteiger partial charge >= 0.3 is 0 Å². The third-order valence-corrected chi connectivity index (χ3v) is 4.96. The number of rotatable bonds is 4. The van der Waals surface area contributed by atoms with Crippen molar-refractivity contribution in [2.24, 2.45) is 0 Å². The Kier molecular flexibility index (Phi) is 4.19. The van der Waals surface area contributed by atoms with Crippen LogP contribution in [-0.4, -0.2) is 39.6 Å². The quantitative estimate of drug-likeness (QED) is 0.772. The van der Waals surface area contributed by atoms with Crippen LogP contribution in [0.15, 0.2) is 11.0 Å². The van der Waals surface area contributed by atoms with Crippen molar-refractivity contribution in [3.8, 4) is 0 Å². The lowest BCUT2D eigenvalue weighted by molar-refractivity contribution is 0.135. The highest BCUT2D eigenvalue weighted by atomic mass is 35.5. The fourth-order valence-corrected chi connectivity index (χ4v) is 3.51. The number of halogens is 1. The van der Waals surface area contributed by atoms with Gasteiger partial charge in [-0.25, -0.2) is 4.68 Å². The van der Waals surface area contributed by atoms with Crippen LogP contribution in [0, 0.1) is 0 Å². The predicted octanol–water partition coefficient (Wildman–Crippen LogP) is 0.976. The zero-order valence-corrected chi connectivity index (χ0v) is 12.7. The van der Waals surface area contributed by atoms with Crippen LogP contribution in [0.3, 0.4) is 0 Å². The Balaban J connectivity index is 1.72. The number of aliphatic hydroxyl groups is 1. The van der Waals surface area contributed by atoms with Crippen LogP contribution in [0.1, 0.15) is 32.1 Å². The van der Waals surface area contributed by atoms with Crippen molar-refractivity contribution in [1.29, 1.82) is 0 Å². The summed E-state index contributed by atoms with van der Waals surface area (Å²) < 4.78 is 1.18. The van der Waals surface area contributed by atoms with E-state index in [0.717, 1.165) is 19.4 Å². The number of nitrogens with zero attached hydrogens (tertiary/aromatic N) is 2. The minimum absolute atomic E-state index is 0.132. The maximum absolute atomic E-state index is 12.0. The van der Waals surface area contributed by atoms with Crippen molar-refractivity contribution in [2.45, 2.75) is 50.2 Å². The largest absolute Gasteiger partial charge is 0.394 e. The van der Waals surface area contributed by atoms with Gasteiger partial charge in [0, 0.05) is 11.6 Å². The van der Waals surface area contributed by atoms with E-state index >= 15 is 0 Å². The fourth-order valence-electron chi connectivity index (χ4n) is 3.30. The summed E-state index contributed by atoms with van der Waals surface area (Å²) in [6, 6.07) is 0.318. The van der Waals surface area contributed by atoms with Crippen molar-refractivity contribution in [3.05, 3.63) is 21.6 Å². The second kappa shape index (κ2) is 5.94. The first-order chi connectivity index (χ1) is 10.1. The van der Waals surface area contributed by atoms with Gasteiger partial charge in [0.15, 0.2) is 0 Å². The summed E-state index contributed by atoms with van der Waals surface area (Å²) in [7, 11) is 0. The number of hydrogen-bond acceptors (Lipinski definition) is 5. The lowest BCUT2D eigenvalue weighted by atomic mass is 9.70. The maximum Gasteiger partial charge on any atom is 0.287 e. The molecule has 0 amide bonds. The maximum atomic E-state index is 12.0. The molecule has 7 heteroatoms. The molecule has 2 heterocycles. The molecule has 1 aromatic heterocycles. The summed E-state index contributed by atoms with van der Waals surface area (Å²) in [6.07, 6.45) is 7.40. The van der Waals surface area contributed by atoms with E-state index in [-0.39, 0.29) is 23.7 Å². The summed E-state index contributed by atoms with van der Waals surface area (Å²) in [5, 5.41) is 20.1. The van der Waals surface area contributed by atoms with Gasteiger partial charge in [-0.2, -0.15) is 5.10 Å². The van der Waals surface area contributed by atoms with Crippen molar-refractivity contribution in [3.63, 3.8) is 0 Å². The molecule has 1 aromatic rings. The molecule has 6 nitrogen and oxygen atoms in total. The van der Waals surface area contributed by atoms with Gasteiger partial charge in [0.25, 0.3) is 5.56 Å². The molecule has 1 aliphatic carbocycles. The monoisotopic (exact) mass is 312 g/mol. The van der Waals surface area contributed by atoms with E-state index in [1.807, 2.05) is 0 Å². The molecule has 21 heavy (non-hydrogen) atoms. The van der Waals surface area contributed by atoms with E-state index in [1.165, 1.54) is 23.9 Å². The predicted molar refractivity (Wildman–Crippen MR) is 81.8 cm³/mol. The van der Waals surface area contributed by atoms with E-state index in [9.17, 15) is 4.79 Å². The molecule has 1 unspecified atom stereocenters. The number of aliphatic hydroxyl groups excluding tert-OH is 1. The normalized spacial score (nSPS) is 23.8. The zero-order chi connectivity index (χ0) is 14.9. The van der Waals surface area contributed by atoms with Crippen molar-refractivity contribution >= 4 is 17.3 Å². The van der Waals surface area contributed by atoms with Gasteiger partial charge in [0.05, 0.1) is 25.0 Å². The van der Waals surface area contributed by atoms with Crippen molar-refractivity contribution in [2.75, 3.05) is 18.5 Å². The number of aromatic nitrogens is 2. The second-order valence-electron chi connectivity index (χ2n) is 6.02. The molecule has 3 rings (SSSR count). The van der Waals surface area contributed by atoms with Crippen LogP contribution < -0.4 is 16.2 Å². The lowest BCUT2D eigenvalue weighted by Crippen LogP contribution is -2.58. The SMILES string of the molecule is O=c1c(Cl)c(NC2CCNC3(CCC3)C2)cnn1CCO. The third-order valence-electron chi connectivity index (χ3n) is 4.60. The molecule has 0 aromatic carbocycles. The van der Waals surface area contributed by atoms with Gasteiger partial charge in [-0.05, 0) is 38.6 Å². The van der Waals surface area contributed by atoms with Crippen LogP contribution >= 0.6 is 11.6 Å². The molecule has 2 fully saturated rings. The average Bonchev–Trinajstić information content (AvgIpc) is 2.46. The Morgan fingerprint density at radius 2 is 2.38 bits per heavy atom. The van der Waals surface area contributed by atoms with E-state index in [4.69, 9.17) is 16.7 Å². The fraction of sp³-hybridized carbons (Fsp3) is 0.714. The first-order valence-electron chi connectivity index (χ1n) is 7.52. The molecular formula is C14H21ClN4O2. The van der Waals surface area contributed by atoms with Gasteiger partial charge in [0.1, 0.15) is 5.02 Å². The standard InChI is InChI=1S/C14H21ClN4O2/c15-12-11(9-17-19(6-7-20)13(12)21)18-10-2-5-16-14(8-10)3-1-4-14/h9-10,16,18,20H,1-8H2.